The first-order chi connectivity index (χ1) is 19.6. The van der Waals surface area contributed by atoms with E-state index >= 15 is 0 Å². The molecule has 43 heavy (non-hydrogen) atoms. The fourth-order valence-corrected chi connectivity index (χ4v) is 3.93. The van der Waals surface area contributed by atoms with Gasteiger partial charge >= 0.3 is 23.9 Å². The third-order valence-electron chi connectivity index (χ3n) is 5.11. The van der Waals surface area contributed by atoms with Crippen molar-refractivity contribution in [2.45, 2.75) is 130 Å². The van der Waals surface area contributed by atoms with Crippen molar-refractivity contribution in [2.24, 2.45) is 0 Å². The number of rotatable bonds is 14. The van der Waals surface area contributed by atoms with E-state index in [4.69, 9.17) is 14.2 Å². The molecule has 3 N–H and O–H groups in total. The van der Waals surface area contributed by atoms with Crippen LogP contribution in [0.5, 0.6) is 0 Å². The van der Waals surface area contributed by atoms with E-state index < -0.39 is 52.8 Å². The zero-order valence-electron chi connectivity index (χ0n) is 26.7. The second-order valence-electron chi connectivity index (χ2n) is 13.0. The predicted octanol–water partition coefficient (Wildman–Crippen LogP) is 3.01. The topological polar surface area (TPSA) is 180 Å². The molecule has 2 atom stereocenters. The van der Waals surface area contributed by atoms with Gasteiger partial charge in [-0.2, -0.15) is 0 Å². The van der Waals surface area contributed by atoms with Crippen LogP contribution in [0.15, 0.2) is 6.20 Å². The van der Waals surface area contributed by atoms with Gasteiger partial charge < -0.3 is 30.2 Å². The lowest BCUT2D eigenvalue weighted by molar-refractivity contribution is -0.159. The minimum Gasteiger partial charge on any atom is -0.460 e. The number of carbonyl (C=O) groups is 5. The summed E-state index contributed by atoms with van der Waals surface area (Å²) in [6.45, 7) is 15.8. The molecule has 1 rings (SSSR count). The summed E-state index contributed by atoms with van der Waals surface area (Å²) in [7, 11) is 0. The van der Waals surface area contributed by atoms with Gasteiger partial charge in [0, 0.05) is 13.0 Å². The Morgan fingerprint density at radius 2 is 1.33 bits per heavy atom. The Labute approximate surface area is 267 Å². The highest BCUT2D eigenvalue weighted by Crippen LogP contribution is 2.15. The summed E-state index contributed by atoms with van der Waals surface area (Å²) >= 11 is 2.00. The molecule has 0 aliphatic carbocycles. The van der Waals surface area contributed by atoms with Gasteiger partial charge in [0.25, 0.3) is 0 Å². The minimum atomic E-state index is -1.17. The Morgan fingerprint density at radius 3 is 1.79 bits per heavy atom. The zero-order chi connectivity index (χ0) is 33.0. The molecule has 0 aliphatic rings. The van der Waals surface area contributed by atoms with E-state index in [1.807, 2.05) is 22.6 Å². The first-order valence-electron chi connectivity index (χ1n) is 14.2. The van der Waals surface area contributed by atoms with Gasteiger partial charge in [-0.1, -0.05) is 5.21 Å². The number of amides is 3. The second-order valence-corrected chi connectivity index (χ2v) is 14.1. The molecule has 0 aliphatic heterocycles. The van der Waals surface area contributed by atoms with E-state index in [9.17, 15) is 24.0 Å². The normalized spacial score (nSPS) is 13.3. The van der Waals surface area contributed by atoms with Crippen LogP contribution in [0, 0.1) is 3.70 Å². The third-order valence-corrected chi connectivity index (χ3v) is 5.60. The summed E-state index contributed by atoms with van der Waals surface area (Å²) in [5, 5.41) is 15.6. The van der Waals surface area contributed by atoms with Crippen molar-refractivity contribution < 1.29 is 38.2 Å². The quantitative estimate of drug-likeness (QED) is 0.112. The smallest absolute Gasteiger partial charge is 0.329 e. The number of nitrogens with one attached hydrogen (secondary N) is 3. The van der Waals surface area contributed by atoms with Crippen LogP contribution in [0.1, 0.15) is 94.4 Å². The van der Waals surface area contributed by atoms with E-state index in [1.54, 1.807) is 68.5 Å². The summed E-state index contributed by atoms with van der Waals surface area (Å²) in [5.74, 6) is -2.13. The number of ether oxygens (including phenoxy) is 3. The Kier molecular flexibility index (Phi) is 14.8. The molecular formula is C28H47IN6O8. The second kappa shape index (κ2) is 16.8. The Morgan fingerprint density at radius 1 is 0.814 bits per heavy atom. The third kappa shape index (κ3) is 18.3. The van der Waals surface area contributed by atoms with Crippen LogP contribution < -0.4 is 16.0 Å². The number of carbonyl (C=O) groups excluding carboxylic acids is 5. The van der Waals surface area contributed by atoms with Crippen molar-refractivity contribution in [3.8, 4) is 0 Å². The molecule has 0 bridgehead atoms. The van der Waals surface area contributed by atoms with Crippen LogP contribution in [0.3, 0.4) is 0 Å². The lowest BCUT2D eigenvalue weighted by atomic mass is 10.1. The summed E-state index contributed by atoms with van der Waals surface area (Å²) in [5.41, 5.74) is -2.34. The van der Waals surface area contributed by atoms with Crippen molar-refractivity contribution in [2.75, 3.05) is 6.54 Å². The monoisotopic (exact) mass is 722 g/mol. The highest BCUT2D eigenvalue weighted by molar-refractivity contribution is 14.1. The van der Waals surface area contributed by atoms with E-state index in [2.05, 4.69) is 26.3 Å². The van der Waals surface area contributed by atoms with E-state index in [0.717, 1.165) is 0 Å². The number of unbranched alkanes of at least 4 members (excludes halogenated alkanes) is 1. The maximum Gasteiger partial charge on any atom is 0.329 e. The fourth-order valence-electron chi connectivity index (χ4n) is 3.51. The first-order valence-corrected chi connectivity index (χ1v) is 15.3. The standard InChI is InChI=1S/C28H47IN6O8/c1-26(2,3)41-22(37)14-13-19(24(39)43-28(7,8)9)32-25(40)31-18(23(38)42-27(4,5)6)12-10-11-15-30-21(36)17-35-16-20(29)33-34-35/h16,18-19H,10-15,17H2,1-9H3,(H,30,36)(H2,31,32,40)/t18-,19-/m0/s1. The van der Waals surface area contributed by atoms with Gasteiger partial charge in [0.15, 0.2) is 0 Å². The van der Waals surface area contributed by atoms with Gasteiger partial charge in [0.1, 0.15) is 39.1 Å². The largest absolute Gasteiger partial charge is 0.460 e. The zero-order valence-corrected chi connectivity index (χ0v) is 28.8. The SMILES string of the molecule is CC(C)(C)OC(=O)CC[C@H](NC(=O)N[C@@H](CCCCNC(=O)Cn1cc(I)nn1)C(=O)OC(C)(C)C)C(=O)OC(C)(C)C. The van der Waals surface area contributed by atoms with Crippen LogP contribution in [-0.2, 0) is 39.9 Å². The first kappa shape index (κ1) is 38.0. The summed E-state index contributed by atoms with van der Waals surface area (Å²) in [4.78, 5) is 63.2. The molecule has 14 nitrogen and oxygen atoms in total. The number of halogens is 1. The molecule has 0 saturated carbocycles. The number of esters is 3. The van der Waals surface area contributed by atoms with E-state index in [1.165, 1.54) is 4.68 Å². The Bertz CT molecular complexity index is 1100. The van der Waals surface area contributed by atoms with Crippen molar-refractivity contribution >= 4 is 52.4 Å². The van der Waals surface area contributed by atoms with Crippen LogP contribution >= 0.6 is 22.6 Å². The van der Waals surface area contributed by atoms with Gasteiger partial charge in [-0.05, 0) is 111 Å². The van der Waals surface area contributed by atoms with Crippen molar-refractivity contribution in [3.05, 3.63) is 9.90 Å². The van der Waals surface area contributed by atoms with E-state index in [-0.39, 0.29) is 31.7 Å². The fraction of sp³-hybridized carbons (Fsp3) is 0.750. The van der Waals surface area contributed by atoms with Crippen molar-refractivity contribution in [1.29, 1.82) is 0 Å². The summed E-state index contributed by atoms with van der Waals surface area (Å²) in [6.07, 6.45) is 2.65. The average molecular weight is 723 g/mol. The number of hydrogen-bond acceptors (Lipinski definition) is 10. The minimum absolute atomic E-state index is 0.0327. The number of nitrogens with zero attached hydrogens (tertiary/aromatic N) is 3. The molecule has 1 aromatic rings. The summed E-state index contributed by atoms with van der Waals surface area (Å²) < 4.78 is 18.3. The van der Waals surface area contributed by atoms with Gasteiger partial charge in [0.05, 0.1) is 6.20 Å². The number of aromatic nitrogens is 3. The lowest BCUT2D eigenvalue weighted by Gasteiger charge is -2.27. The van der Waals surface area contributed by atoms with Crippen LogP contribution in [0.4, 0.5) is 4.79 Å². The number of urea groups is 1. The molecule has 0 fully saturated rings. The molecule has 0 spiro atoms. The molecule has 244 valence electrons. The lowest BCUT2D eigenvalue weighted by Crippen LogP contribution is -2.53. The van der Waals surface area contributed by atoms with E-state index in [0.29, 0.717) is 23.1 Å². The highest BCUT2D eigenvalue weighted by Gasteiger charge is 2.31. The van der Waals surface area contributed by atoms with Gasteiger partial charge in [0.2, 0.25) is 5.91 Å². The molecule has 3 amide bonds. The van der Waals surface area contributed by atoms with Crippen LogP contribution in [0.2, 0.25) is 0 Å². The van der Waals surface area contributed by atoms with Crippen LogP contribution in [0.25, 0.3) is 0 Å². The Hall–Kier alpha value is -2.98. The van der Waals surface area contributed by atoms with Gasteiger partial charge in [-0.15, -0.1) is 5.10 Å². The highest BCUT2D eigenvalue weighted by atomic mass is 127. The molecular weight excluding hydrogens is 675 g/mol. The van der Waals surface area contributed by atoms with Crippen molar-refractivity contribution in [3.63, 3.8) is 0 Å². The van der Waals surface area contributed by atoms with Gasteiger partial charge in [-0.3, -0.25) is 9.59 Å². The molecule has 15 heteroatoms. The molecule has 0 aromatic carbocycles. The molecule has 0 radical (unpaired) electrons. The maximum atomic E-state index is 13.0. The summed E-state index contributed by atoms with van der Waals surface area (Å²) in [6, 6.07) is -3.00. The molecule has 0 saturated heterocycles. The number of hydrogen-bond donors (Lipinski definition) is 3. The Balaban J connectivity index is 2.81. The molecule has 1 aromatic heterocycles. The predicted molar refractivity (Wildman–Crippen MR) is 166 cm³/mol. The van der Waals surface area contributed by atoms with Crippen molar-refractivity contribution in [1.82, 2.24) is 30.9 Å². The average Bonchev–Trinajstić information content (AvgIpc) is 3.21. The molecule has 0 unspecified atom stereocenters. The maximum absolute atomic E-state index is 13.0. The van der Waals surface area contributed by atoms with Crippen LogP contribution in [-0.4, -0.2) is 80.3 Å². The van der Waals surface area contributed by atoms with Gasteiger partial charge in [-0.25, -0.2) is 19.1 Å². The molecule has 1 heterocycles.